The maximum absolute atomic E-state index is 5.47. The summed E-state index contributed by atoms with van der Waals surface area (Å²) in [5, 5.41) is 7.82. The molecule has 3 aromatic rings. The van der Waals surface area contributed by atoms with Crippen molar-refractivity contribution < 1.29 is 9.15 Å². The molecule has 2 aromatic heterocycles. The Balaban J connectivity index is 1.59. The molecule has 0 radical (unpaired) electrons. The quantitative estimate of drug-likeness (QED) is 0.688. The van der Waals surface area contributed by atoms with E-state index in [-0.39, 0.29) is 0 Å². The lowest BCUT2D eigenvalue weighted by Gasteiger charge is -2.02. The van der Waals surface area contributed by atoms with Crippen LogP contribution in [0.5, 0.6) is 5.75 Å². The number of hydrogen-bond acceptors (Lipinski definition) is 5. The molecule has 0 aliphatic carbocycles. The number of nitrogens with zero attached hydrogens (tertiary/aromatic N) is 2. The van der Waals surface area contributed by atoms with Gasteiger partial charge in [-0.05, 0) is 48.9 Å². The van der Waals surface area contributed by atoms with Crippen LogP contribution in [0.4, 0.5) is 0 Å². The lowest BCUT2D eigenvalue weighted by atomic mass is 10.2. The van der Waals surface area contributed by atoms with Gasteiger partial charge in [-0.15, -0.1) is 5.10 Å². The van der Waals surface area contributed by atoms with Gasteiger partial charge < -0.3 is 9.15 Å². The fraction of sp³-hybridized carbons (Fsp3) is 0.176. The molecule has 0 bridgehead atoms. The van der Waals surface area contributed by atoms with Crippen LogP contribution < -0.4 is 4.74 Å². The minimum absolute atomic E-state index is 0.701. The van der Waals surface area contributed by atoms with E-state index in [1.54, 1.807) is 18.9 Å². The summed E-state index contributed by atoms with van der Waals surface area (Å²) >= 11 is 1.57. The van der Waals surface area contributed by atoms with Crippen molar-refractivity contribution in [2.45, 2.75) is 17.8 Å². The van der Waals surface area contributed by atoms with Crippen LogP contribution in [0.2, 0.25) is 0 Å². The van der Waals surface area contributed by atoms with Crippen molar-refractivity contribution in [1.82, 2.24) is 15.2 Å². The van der Waals surface area contributed by atoms with Gasteiger partial charge in [-0.3, -0.25) is 5.10 Å². The number of ether oxygens (including phenoxy) is 1. The largest absolute Gasteiger partial charge is 0.497 e. The molecule has 0 atom stereocenters. The third-order valence-electron chi connectivity index (χ3n) is 3.15. The third kappa shape index (κ3) is 4.26. The highest BCUT2D eigenvalue weighted by Crippen LogP contribution is 2.22. The monoisotopic (exact) mass is 327 g/mol. The highest BCUT2D eigenvalue weighted by Gasteiger charge is 2.04. The number of furan rings is 1. The molecule has 1 N–H and O–H groups in total. The standard InChI is InChI=1S/C17H17N3O2S/c1-12-6-7-14(22-12)8-9-16-18-17(20-19-16)23-11-13-4-3-5-15(10-13)21-2/h3-10H,11H2,1-2H3,(H,18,19,20)/b9-8+. The SMILES string of the molecule is COc1cccc(CSc2n[nH]c(/C=C/c3ccc(C)o3)n2)c1. The van der Waals surface area contributed by atoms with Crippen LogP contribution >= 0.6 is 11.8 Å². The van der Waals surface area contributed by atoms with Crippen LogP contribution in [-0.2, 0) is 5.75 Å². The molecule has 2 heterocycles. The van der Waals surface area contributed by atoms with E-state index in [2.05, 4.69) is 21.2 Å². The van der Waals surface area contributed by atoms with Crippen LogP contribution in [0.3, 0.4) is 0 Å². The molecule has 5 nitrogen and oxygen atoms in total. The first kappa shape index (κ1) is 15.4. The average Bonchev–Trinajstić information content (AvgIpc) is 3.20. The van der Waals surface area contributed by atoms with Crippen LogP contribution in [-0.4, -0.2) is 22.3 Å². The smallest absolute Gasteiger partial charge is 0.209 e. The Labute approximate surface area is 138 Å². The zero-order chi connectivity index (χ0) is 16.1. The van der Waals surface area contributed by atoms with Gasteiger partial charge in [0.1, 0.15) is 23.1 Å². The van der Waals surface area contributed by atoms with Gasteiger partial charge >= 0.3 is 0 Å². The number of H-pyrrole nitrogens is 1. The Hall–Kier alpha value is -2.47. The van der Waals surface area contributed by atoms with Crippen molar-refractivity contribution in [2.24, 2.45) is 0 Å². The number of thioether (sulfide) groups is 1. The number of aromatic nitrogens is 3. The molecule has 0 saturated carbocycles. The van der Waals surface area contributed by atoms with Gasteiger partial charge in [-0.25, -0.2) is 4.98 Å². The van der Waals surface area contributed by atoms with E-state index in [0.29, 0.717) is 11.0 Å². The maximum Gasteiger partial charge on any atom is 0.209 e. The molecule has 0 aliphatic heterocycles. The lowest BCUT2D eigenvalue weighted by Crippen LogP contribution is -1.86. The Morgan fingerprint density at radius 3 is 2.96 bits per heavy atom. The molecule has 0 saturated heterocycles. The number of nitrogens with one attached hydrogen (secondary N) is 1. The van der Waals surface area contributed by atoms with Crippen molar-refractivity contribution in [3.63, 3.8) is 0 Å². The van der Waals surface area contributed by atoms with E-state index in [9.17, 15) is 0 Å². The number of benzene rings is 1. The molecule has 3 rings (SSSR count). The third-order valence-corrected chi connectivity index (χ3v) is 4.07. The van der Waals surface area contributed by atoms with Crippen LogP contribution in [0, 0.1) is 6.92 Å². The van der Waals surface area contributed by atoms with Crippen LogP contribution in [0.25, 0.3) is 12.2 Å². The summed E-state index contributed by atoms with van der Waals surface area (Å²) in [6, 6.07) is 11.8. The number of aryl methyl sites for hydroxylation is 1. The first-order valence-electron chi connectivity index (χ1n) is 7.15. The topological polar surface area (TPSA) is 63.9 Å². The van der Waals surface area contributed by atoms with Gasteiger partial charge in [-0.2, -0.15) is 0 Å². The molecule has 1 aromatic carbocycles. The summed E-state index contributed by atoms with van der Waals surface area (Å²) in [6.07, 6.45) is 3.71. The minimum atomic E-state index is 0.701. The molecule has 0 unspecified atom stereocenters. The average molecular weight is 327 g/mol. The fourth-order valence-electron chi connectivity index (χ4n) is 2.01. The predicted molar refractivity (Wildman–Crippen MR) is 91.3 cm³/mol. The van der Waals surface area contributed by atoms with Crippen molar-refractivity contribution in [1.29, 1.82) is 0 Å². The summed E-state index contributed by atoms with van der Waals surface area (Å²) in [7, 11) is 1.67. The van der Waals surface area contributed by atoms with Gasteiger partial charge in [-0.1, -0.05) is 23.9 Å². The molecule has 0 spiro atoms. The second-order valence-electron chi connectivity index (χ2n) is 4.93. The lowest BCUT2D eigenvalue weighted by molar-refractivity contribution is 0.414. The number of methoxy groups -OCH3 is 1. The van der Waals surface area contributed by atoms with Crippen molar-refractivity contribution in [3.05, 3.63) is 59.3 Å². The Morgan fingerprint density at radius 1 is 1.26 bits per heavy atom. The molecular weight excluding hydrogens is 310 g/mol. The molecule has 118 valence electrons. The first-order chi connectivity index (χ1) is 11.2. The minimum Gasteiger partial charge on any atom is -0.497 e. The van der Waals surface area contributed by atoms with Crippen molar-refractivity contribution >= 4 is 23.9 Å². The predicted octanol–water partition coefficient (Wildman–Crippen LogP) is 4.18. The van der Waals surface area contributed by atoms with Gasteiger partial charge in [0.05, 0.1) is 7.11 Å². The fourth-order valence-corrected chi connectivity index (χ4v) is 2.76. The Bertz CT molecular complexity index is 808. The van der Waals surface area contributed by atoms with Gasteiger partial charge in [0, 0.05) is 5.75 Å². The Kier molecular flexibility index (Phi) is 4.83. The summed E-state index contributed by atoms with van der Waals surface area (Å²) < 4.78 is 10.7. The van der Waals surface area contributed by atoms with E-state index >= 15 is 0 Å². The Morgan fingerprint density at radius 2 is 2.17 bits per heavy atom. The molecule has 0 aliphatic rings. The molecular formula is C17H17N3O2S. The van der Waals surface area contributed by atoms with Crippen LogP contribution in [0.15, 0.2) is 46.0 Å². The van der Waals surface area contributed by atoms with Gasteiger partial charge in [0.15, 0.2) is 0 Å². The molecule has 0 fully saturated rings. The van der Waals surface area contributed by atoms with E-state index in [0.717, 1.165) is 23.0 Å². The zero-order valence-electron chi connectivity index (χ0n) is 12.9. The van der Waals surface area contributed by atoms with Crippen molar-refractivity contribution in [3.8, 4) is 5.75 Å². The molecule has 23 heavy (non-hydrogen) atoms. The van der Waals surface area contributed by atoms with E-state index in [1.165, 1.54) is 5.56 Å². The highest BCUT2D eigenvalue weighted by molar-refractivity contribution is 7.98. The van der Waals surface area contributed by atoms with Gasteiger partial charge in [0.2, 0.25) is 5.16 Å². The molecule has 0 amide bonds. The van der Waals surface area contributed by atoms with E-state index in [4.69, 9.17) is 9.15 Å². The van der Waals surface area contributed by atoms with E-state index < -0.39 is 0 Å². The van der Waals surface area contributed by atoms with E-state index in [1.807, 2.05) is 49.4 Å². The first-order valence-corrected chi connectivity index (χ1v) is 8.14. The van der Waals surface area contributed by atoms with Crippen molar-refractivity contribution in [2.75, 3.05) is 7.11 Å². The normalized spacial score (nSPS) is 11.2. The number of hydrogen-bond donors (Lipinski definition) is 1. The second kappa shape index (κ2) is 7.19. The maximum atomic E-state index is 5.47. The number of aromatic amines is 1. The molecule has 6 heteroatoms. The highest BCUT2D eigenvalue weighted by atomic mass is 32.2. The summed E-state index contributed by atoms with van der Waals surface area (Å²) in [4.78, 5) is 4.43. The summed E-state index contributed by atoms with van der Waals surface area (Å²) in [5.41, 5.74) is 1.17. The number of rotatable bonds is 6. The van der Waals surface area contributed by atoms with Crippen LogP contribution in [0.1, 0.15) is 22.9 Å². The second-order valence-corrected chi connectivity index (χ2v) is 5.87. The zero-order valence-corrected chi connectivity index (χ0v) is 13.8. The summed E-state index contributed by atoms with van der Waals surface area (Å²) in [6.45, 7) is 1.92. The summed E-state index contributed by atoms with van der Waals surface area (Å²) in [5.74, 6) is 4.03. The van der Waals surface area contributed by atoms with Gasteiger partial charge in [0.25, 0.3) is 0 Å².